The van der Waals surface area contributed by atoms with E-state index in [1.165, 1.54) is 76.8 Å². The van der Waals surface area contributed by atoms with Crippen molar-refractivity contribution in [1.29, 1.82) is 0 Å². The third kappa shape index (κ3) is 4.38. The van der Waals surface area contributed by atoms with Gasteiger partial charge in [0.2, 0.25) is 0 Å². The normalized spacial score (nSPS) is 15.2. The zero-order valence-electron chi connectivity index (χ0n) is 31.1. The topological polar surface area (TPSA) is 17.1 Å². The van der Waals surface area contributed by atoms with E-state index in [1.807, 2.05) is 60.7 Å². The second-order valence-corrected chi connectivity index (χ2v) is 18.2. The molecule has 2 aliphatic rings. The molecule has 12 rings (SSSR count). The molecule has 266 valence electrons. The van der Waals surface area contributed by atoms with Gasteiger partial charge in [0, 0.05) is 15.9 Å². The zero-order valence-corrected chi connectivity index (χ0v) is 32.0. The number of hydrogen-bond acceptors (Lipinski definition) is 1. The first-order valence-corrected chi connectivity index (χ1v) is 21.4. The first-order valence-electron chi connectivity index (χ1n) is 19.7. The first-order chi connectivity index (χ1) is 28.2. The predicted octanol–water partition coefficient (Wildman–Crippen LogP) is 12.8. The number of rotatable bonds is 4. The molecule has 0 N–H and O–H groups in total. The standard InChI is InChI=1S/C55H35OP/c56-57(38-15-3-1-4-16-38,39-17-5-2-6-18-39)40-30-27-36(28-31-40)37-29-32-47-45-23-11-13-25-51(45)55(53(47)33-37)52-26-14-12-24-46(52)50-34-48-43-21-9-7-19-41(43)42-20-8-10-22-44(42)49(48)35-54(50)55/h1-35H. The molecule has 0 heterocycles. The van der Waals surface area contributed by atoms with Gasteiger partial charge in [0.25, 0.3) is 0 Å². The van der Waals surface area contributed by atoms with Crippen LogP contribution in [0, 0.1) is 0 Å². The van der Waals surface area contributed by atoms with Gasteiger partial charge in [-0.1, -0.05) is 194 Å². The highest BCUT2D eigenvalue weighted by Crippen LogP contribution is 2.64. The van der Waals surface area contributed by atoms with Crippen molar-refractivity contribution in [3.63, 3.8) is 0 Å². The predicted molar refractivity (Wildman–Crippen MR) is 240 cm³/mol. The maximum absolute atomic E-state index is 15.2. The molecule has 1 unspecified atom stereocenters. The molecule has 0 amide bonds. The molecule has 2 aliphatic carbocycles. The molecule has 0 aromatic heterocycles. The van der Waals surface area contributed by atoms with Crippen molar-refractivity contribution < 1.29 is 4.57 Å². The van der Waals surface area contributed by atoms with Crippen LogP contribution in [0.5, 0.6) is 0 Å². The van der Waals surface area contributed by atoms with Gasteiger partial charge in [-0.3, -0.25) is 0 Å². The number of hydrogen-bond donors (Lipinski definition) is 0. The lowest BCUT2D eigenvalue weighted by atomic mass is 9.70. The van der Waals surface area contributed by atoms with E-state index in [4.69, 9.17) is 0 Å². The molecule has 10 aromatic carbocycles. The van der Waals surface area contributed by atoms with Crippen LogP contribution in [-0.2, 0) is 9.98 Å². The highest BCUT2D eigenvalue weighted by atomic mass is 31.2. The molecule has 57 heavy (non-hydrogen) atoms. The Morgan fingerprint density at radius 1 is 0.281 bits per heavy atom. The Kier molecular flexibility index (Phi) is 6.89. The van der Waals surface area contributed by atoms with Gasteiger partial charge in [-0.2, -0.15) is 0 Å². The second kappa shape index (κ2) is 12.1. The van der Waals surface area contributed by atoms with E-state index in [9.17, 15) is 0 Å². The molecule has 1 nitrogen and oxygen atoms in total. The second-order valence-electron chi connectivity index (χ2n) is 15.5. The van der Waals surface area contributed by atoms with E-state index in [1.54, 1.807) is 0 Å². The van der Waals surface area contributed by atoms with E-state index in [2.05, 4.69) is 152 Å². The van der Waals surface area contributed by atoms with Crippen LogP contribution in [0.3, 0.4) is 0 Å². The Labute approximate surface area is 331 Å². The van der Waals surface area contributed by atoms with Gasteiger partial charge in [0.05, 0.1) is 5.41 Å². The fraction of sp³-hybridized carbons (Fsp3) is 0.0182. The molecule has 2 heteroatoms. The highest BCUT2D eigenvalue weighted by molar-refractivity contribution is 7.85. The Balaban J connectivity index is 1.09. The van der Waals surface area contributed by atoms with Crippen LogP contribution in [0.4, 0.5) is 0 Å². The van der Waals surface area contributed by atoms with Gasteiger partial charge in [-0.25, -0.2) is 0 Å². The first kappa shape index (κ1) is 32.5. The van der Waals surface area contributed by atoms with E-state index < -0.39 is 12.6 Å². The van der Waals surface area contributed by atoms with Crippen molar-refractivity contribution >= 4 is 55.4 Å². The van der Waals surface area contributed by atoms with E-state index in [0.717, 1.165) is 27.0 Å². The number of benzene rings is 10. The molecule has 0 aliphatic heterocycles. The van der Waals surface area contributed by atoms with Crippen molar-refractivity contribution in [2.24, 2.45) is 0 Å². The van der Waals surface area contributed by atoms with Gasteiger partial charge in [0.1, 0.15) is 0 Å². The molecular weight excluding hydrogens is 708 g/mol. The molecule has 0 fully saturated rings. The van der Waals surface area contributed by atoms with Crippen LogP contribution in [0.15, 0.2) is 212 Å². The molecular formula is C55H35OP. The van der Waals surface area contributed by atoms with Crippen molar-refractivity contribution in [1.82, 2.24) is 0 Å². The summed E-state index contributed by atoms with van der Waals surface area (Å²) in [5.74, 6) is 0. The van der Waals surface area contributed by atoms with Crippen LogP contribution in [-0.4, -0.2) is 0 Å². The van der Waals surface area contributed by atoms with Crippen LogP contribution >= 0.6 is 7.14 Å². The zero-order chi connectivity index (χ0) is 37.7. The van der Waals surface area contributed by atoms with Crippen LogP contribution in [0.1, 0.15) is 22.3 Å². The molecule has 10 aromatic rings. The van der Waals surface area contributed by atoms with Crippen LogP contribution in [0.2, 0.25) is 0 Å². The van der Waals surface area contributed by atoms with E-state index >= 15 is 4.57 Å². The minimum atomic E-state index is -3.09. The van der Waals surface area contributed by atoms with Gasteiger partial charge in [0.15, 0.2) is 7.14 Å². The summed E-state index contributed by atoms with van der Waals surface area (Å²) in [6.07, 6.45) is 0. The summed E-state index contributed by atoms with van der Waals surface area (Å²) in [5.41, 5.74) is 12.2. The molecule has 0 radical (unpaired) electrons. The maximum Gasteiger partial charge on any atom is 0.171 e. The minimum absolute atomic E-state index is 0.495. The highest BCUT2D eigenvalue weighted by Gasteiger charge is 2.52. The van der Waals surface area contributed by atoms with Gasteiger partial charge >= 0.3 is 0 Å². The van der Waals surface area contributed by atoms with Crippen molar-refractivity contribution in [3.8, 4) is 33.4 Å². The summed E-state index contributed by atoms with van der Waals surface area (Å²) in [6, 6.07) is 76.2. The third-order valence-electron chi connectivity index (χ3n) is 12.8. The van der Waals surface area contributed by atoms with Crippen molar-refractivity contribution in [2.45, 2.75) is 5.41 Å². The quantitative estimate of drug-likeness (QED) is 0.130. The molecule has 0 bridgehead atoms. The minimum Gasteiger partial charge on any atom is -0.309 e. The Morgan fingerprint density at radius 3 is 1.26 bits per heavy atom. The SMILES string of the molecule is O=P(c1ccccc1)(c1ccccc1)c1ccc(-c2ccc3c(c2)C2(c4ccccc4-3)c3ccccc3-c3cc4c5ccccc5c5ccccc5c4cc32)cc1. The molecule has 1 spiro atoms. The Hall–Kier alpha value is -6.79. The molecule has 1 atom stereocenters. The van der Waals surface area contributed by atoms with Gasteiger partial charge < -0.3 is 4.57 Å². The summed E-state index contributed by atoms with van der Waals surface area (Å²) in [6.45, 7) is 0. The van der Waals surface area contributed by atoms with Gasteiger partial charge in [-0.05, 0) is 106 Å². The van der Waals surface area contributed by atoms with E-state index in [-0.39, 0.29) is 0 Å². The van der Waals surface area contributed by atoms with Crippen molar-refractivity contribution in [2.75, 3.05) is 0 Å². The summed E-state index contributed by atoms with van der Waals surface area (Å²) in [5, 5.41) is 10.2. The van der Waals surface area contributed by atoms with Crippen LogP contribution in [0.25, 0.3) is 65.7 Å². The average molecular weight is 743 g/mol. The fourth-order valence-corrected chi connectivity index (χ4v) is 12.9. The monoisotopic (exact) mass is 742 g/mol. The summed E-state index contributed by atoms with van der Waals surface area (Å²) < 4.78 is 15.2. The largest absolute Gasteiger partial charge is 0.309 e. The summed E-state index contributed by atoms with van der Waals surface area (Å²) in [7, 11) is -3.09. The fourth-order valence-electron chi connectivity index (χ4n) is 10.3. The summed E-state index contributed by atoms with van der Waals surface area (Å²) in [4.78, 5) is 0. The Bertz CT molecular complexity index is 3270. The molecule has 0 saturated carbocycles. The lowest BCUT2D eigenvalue weighted by Crippen LogP contribution is -2.26. The van der Waals surface area contributed by atoms with Crippen molar-refractivity contribution in [3.05, 3.63) is 235 Å². The molecule has 0 saturated heterocycles. The van der Waals surface area contributed by atoms with E-state index in [0.29, 0.717) is 0 Å². The van der Waals surface area contributed by atoms with Crippen LogP contribution < -0.4 is 15.9 Å². The smallest absolute Gasteiger partial charge is 0.171 e. The number of fused-ring (bicyclic) bond motifs is 16. The summed E-state index contributed by atoms with van der Waals surface area (Å²) >= 11 is 0. The third-order valence-corrected chi connectivity index (χ3v) is 15.8. The maximum atomic E-state index is 15.2. The Morgan fingerprint density at radius 2 is 0.684 bits per heavy atom. The van der Waals surface area contributed by atoms with Gasteiger partial charge in [-0.15, -0.1) is 0 Å². The lowest BCUT2D eigenvalue weighted by Gasteiger charge is -2.31. The average Bonchev–Trinajstić information content (AvgIpc) is 3.75. The lowest BCUT2D eigenvalue weighted by molar-refractivity contribution is 0.592.